The summed E-state index contributed by atoms with van der Waals surface area (Å²) >= 11 is 0. The Morgan fingerprint density at radius 3 is 2.52 bits per heavy atom. The molecule has 2 atom stereocenters. The first-order chi connectivity index (χ1) is 9.68. The highest BCUT2D eigenvalue weighted by Gasteiger charge is 2.33. The van der Waals surface area contributed by atoms with Gasteiger partial charge in [-0.3, -0.25) is 0 Å². The molecule has 2 unspecified atom stereocenters. The standard InChI is InChI=1S/C15H20F3NOS/c1-5-7-10(2)21(20)19-12(4)13-8-6-9-14(11(13)3)15(16,17)18/h6,8-10H,5,7H2,1-4H3. The van der Waals surface area contributed by atoms with Gasteiger partial charge in [-0.15, -0.1) is 0 Å². The van der Waals surface area contributed by atoms with Crippen LogP contribution in [0.15, 0.2) is 22.6 Å². The van der Waals surface area contributed by atoms with Crippen molar-refractivity contribution in [3.05, 3.63) is 34.9 Å². The fraction of sp³-hybridized carbons (Fsp3) is 0.533. The Kier molecular flexibility index (Phi) is 6.13. The zero-order valence-corrected chi connectivity index (χ0v) is 13.4. The van der Waals surface area contributed by atoms with Crippen molar-refractivity contribution in [2.75, 3.05) is 0 Å². The van der Waals surface area contributed by atoms with Gasteiger partial charge in [0, 0.05) is 0 Å². The molecule has 21 heavy (non-hydrogen) atoms. The van der Waals surface area contributed by atoms with Crippen LogP contribution < -0.4 is 0 Å². The second-order valence-electron chi connectivity index (χ2n) is 5.03. The minimum Gasteiger partial charge on any atom is -0.235 e. The number of hydrogen-bond acceptors (Lipinski definition) is 1. The van der Waals surface area contributed by atoms with E-state index in [9.17, 15) is 17.4 Å². The summed E-state index contributed by atoms with van der Waals surface area (Å²) in [6, 6.07) is 3.97. The lowest BCUT2D eigenvalue weighted by Gasteiger charge is -2.14. The first-order valence-electron chi connectivity index (χ1n) is 6.81. The zero-order chi connectivity index (χ0) is 16.2. The summed E-state index contributed by atoms with van der Waals surface area (Å²) in [7, 11) is -1.42. The highest BCUT2D eigenvalue weighted by molar-refractivity contribution is 7.84. The van der Waals surface area contributed by atoms with Gasteiger partial charge in [-0.05, 0) is 44.4 Å². The predicted molar refractivity (Wildman–Crippen MR) is 80.9 cm³/mol. The van der Waals surface area contributed by atoms with Gasteiger partial charge in [0.05, 0.1) is 16.5 Å². The smallest absolute Gasteiger partial charge is 0.235 e. The largest absolute Gasteiger partial charge is 0.416 e. The van der Waals surface area contributed by atoms with Crippen molar-refractivity contribution in [1.29, 1.82) is 0 Å². The summed E-state index contributed by atoms with van der Waals surface area (Å²) in [5.74, 6) is 0. The molecule has 0 aliphatic heterocycles. The summed E-state index contributed by atoms with van der Waals surface area (Å²) in [6.07, 6.45) is -2.73. The van der Waals surface area contributed by atoms with Gasteiger partial charge in [-0.25, -0.2) is 4.21 Å². The normalized spacial score (nSPS) is 15.9. The van der Waals surface area contributed by atoms with Crippen molar-refractivity contribution in [2.24, 2.45) is 4.40 Å². The van der Waals surface area contributed by atoms with Crippen LogP contribution in [0, 0.1) is 6.92 Å². The van der Waals surface area contributed by atoms with Crippen LogP contribution in [-0.4, -0.2) is 15.2 Å². The summed E-state index contributed by atoms with van der Waals surface area (Å²) in [5.41, 5.74) is 0.204. The predicted octanol–water partition coefficient (Wildman–Crippen LogP) is 4.68. The quantitative estimate of drug-likeness (QED) is 0.725. The highest BCUT2D eigenvalue weighted by Crippen LogP contribution is 2.33. The fourth-order valence-electron chi connectivity index (χ4n) is 2.12. The Labute approximate surface area is 126 Å². The summed E-state index contributed by atoms with van der Waals surface area (Å²) in [5, 5.41) is -0.101. The molecule has 1 rings (SSSR count). The SMILES string of the molecule is CCCC(C)S(=O)N=C(C)c1cccc(C(F)(F)F)c1C. The van der Waals surface area contributed by atoms with Gasteiger partial charge >= 0.3 is 6.18 Å². The monoisotopic (exact) mass is 319 g/mol. The van der Waals surface area contributed by atoms with E-state index in [2.05, 4.69) is 4.40 Å². The van der Waals surface area contributed by atoms with Crippen molar-refractivity contribution >= 4 is 16.7 Å². The molecule has 6 heteroatoms. The molecule has 0 amide bonds. The van der Waals surface area contributed by atoms with Crippen molar-refractivity contribution in [1.82, 2.24) is 0 Å². The molecular weight excluding hydrogens is 299 g/mol. The van der Waals surface area contributed by atoms with Crippen molar-refractivity contribution < 1.29 is 17.4 Å². The summed E-state index contributed by atoms with van der Waals surface area (Å²) in [6.45, 7) is 6.82. The summed E-state index contributed by atoms with van der Waals surface area (Å²) in [4.78, 5) is 0. The maximum absolute atomic E-state index is 12.9. The molecule has 0 aromatic heterocycles. The third kappa shape index (κ3) is 4.66. The van der Waals surface area contributed by atoms with Crippen LogP contribution in [-0.2, 0) is 17.2 Å². The van der Waals surface area contributed by atoms with E-state index in [-0.39, 0.29) is 10.8 Å². The van der Waals surface area contributed by atoms with Crippen LogP contribution >= 0.6 is 0 Å². The Morgan fingerprint density at radius 1 is 1.38 bits per heavy atom. The maximum Gasteiger partial charge on any atom is 0.416 e. The van der Waals surface area contributed by atoms with Gasteiger partial charge in [0.2, 0.25) is 0 Å². The lowest BCUT2D eigenvalue weighted by Crippen LogP contribution is -2.13. The van der Waals surface area contributed by atoms with Crippen LogP contribution in [0.25, 0.3) is 0 Å². The van der Waals surface area contributed by atoms with E-state index in [0.29, 0.717) is 11.3 Å². The molecule has 0 saturated heterocycles. The third-order valence-electron chi connectivity index (χ3n) is 3.30. The average Bonchev–Trinajstić information content (AvgIpc) is 2.37. The number of rotatable bonds is 5. The molecule has 1 aromatic rings. The molecule has 0 aliphatic rings. The second-order valence-corrected chi connectivity index (χ2v) is 6.57. The molecule has 0 spiro atoms. The number of halogens is 3. The van der Waals surface area contributed by atoms with Crippen molar-refractivity contribution in [2.45, 2.75) is 52.0 Å². The van der Waals surface area contributed by atoms with E-state index in [0.717, 1.165) is 18.9 Å². The molecule has 0 aliphatic carbocycles. The van der Waals surface area contributed by atoms with Gasteiger partial charge in [-0.1, -0.05) is 25.5 Å². The van der Waals surface area contributed by atoms with Gasteiger partial charge in [0.1, 0.15) is 11.0 Å². The zero-order valence-electron chi connectivity index (χ0n) is 12.6. The van der Waals surface area contributed by atoms with Gasteiger partial charge < -0.3 is 0 Å². The molecule has 0 radical (unpaired) electrons. The minimum absolute atomic E-state index is 0.101. The van der Waals surface area contributed by atoms with E-state index in [4.69, 9.17) is 0 Å². The Morgan fingerprint density at radius 2 is 2.00 bits per heavy atom. The van der Waals surface area contributed by atoms with E-state index in [1.54, 1.807) is 13.0 Å². The van der Waals surface area contributed by atoms with E-state index >= 15 is 0 Å². The molecule has 0 bridgehead atoms. The number of benzene rings is 1. The van der Waals surface area contributed by atoms with Crippen LogP contribution in [0.5, 0.6) is 0 Å². The molecule has 118 valence electrons. The first kappa shape index (κ1) is 17.9. The summed E-state index contributed by atoms with van der Waals surface area (Å²) < 4.78 is 54.7. The average molecular weight is 319 g/mol. The van der Waals surface area contributed by atoms with Crippen LogP contribution in [0.1, 0.15) is 50.3 Å². The van der Waals surface area contributed by atoms with Crippen LogP contribution in [0.3, 0.4) is 0 Å². The fourth-order valence-corrected chi connectivity index (χ4v) is 3.10. The first-order valence-corrected chi connectivity index (χ1v) is 7.98. The Bertz CT molecular complexity index is 552. The van der Waals surface area contributed by atoms with Crippen LogP contribution in [0.4, 0.5) is 13.2 Å². The molecule has 1 aromatic carbocycles. The maximum atomic E-state index is 12.9. The molecule has 0 heterocycles. The molecular formula is C15H20F3NOS. The van der Waals surface area contributed by atoms with Crippen molar-refractivity contribution in [3.63, 3.8) is 0 Å². The number of hydrogen-bond donors (Lipinski definition) is 0. The second kappa shape index (κ2) is 7.20. The Hall–Kier alpha value is -1.17. The molecule has 2 nitrogen and oxygen atoms in total. The van der Waals surface area contributed by atoms with Gasteiger partial charge in [0.15, 0.2) is 0 Å². The van der Waals surface area contributed by atoms with Crippen LogP contribution in [0.2, 0.25) is 0 Å². The third-order valence-corrected chi connectivity index (χ3v) is 4.67. The lowest BCUT2D eigenvalue weighted by atomic mass is 9.99. The number of nitrogens with zero attached hydrogens (tertiary/aromatic N) is 1. The minimum atomic E-state index is -4.39. The number of alkyl halides is 3. The lowest BCUT2D eigenvalue weighted by molar-refractivity contribution is -0.138. The van der Waals surface area contributed by atoms with Gasteiger partial charge in [-0.2, -0.15) is 17.6 Å². The molecule has 0 saturated carbocycles. The van der Waals surface area contributed by atoms with E-state index < -0.39 is 22.7 Å². The van der Waals surface area contributed by atoms with E-state index in [1.807, 2.05) is 13.8 Å². The Balaban J connectivity index is 3.14. The highest BCUT2D eigenvalue weighted by atomic mass is 32.2. The van der Waals surface area contributed by atoms with Gasteiger partial charge in [0.25, 0.3) is 0 Å². The molecule has 0 N–H and O–H groups in total. The topological polar surface area (TPSA) is 29.4 Å². The molecule has 0 fully saturated rings. The van der Waals surface area contributed by atoms with E-state index in [1.165, 1.54) is 13.0 Å². The van der Waals surface area contributed by atoms with Crippen molar-refractivity contribution in [3.8, 4) is 0 Å².